The van der Waals surface area contributed by atoms with E-state index in [2.05, 4.69) is 12.2 Å². The SMILES string of the molecule is CCCCCC(C)Nc1ccc(F)c(N)c1C(=O)O. The Morgan fingerprint density at radius 1 is 1.47 bits per heavy atom. The van der Waals surface area contributed by atoms with Crippen LogP contribution in [0.3, 0.4) is 0 Å². The largest absolute Gasteiger partial charge is 0.478 e. The third-order valence-electron chi connectivity index (χ3n) is 3.05. The summed E-state index contributed by atoms with van der Waals surface area (Å²) < 4.78 is 13.3. The van der Waals surface area contributed by atoms with Crippen LogP contribution in [0, 0.1) is 5.82 Å². The molecule has 0 heterocycles. The Morgan fingerprint density at radius 3 is 2.74 bits per heavy atom. The van der Waals surface area contributed by atoms with Gasteiger partial charge >= 0.3 is 5.97 Å². The normalized spacial score (nSPS) is 12.2. The number of nitrogens with two attached hydrogens (primary N) is 1. The van der Waals surface area contributed by atoms with Crippen LogP contribution in [0.2, 0.25) is 0 Å². The van der Waals surface area contributed by atoms with Crippen LogP contribution in [-0.2, 0) is 0 Å². The van der Waals surface area contributed by atoms with Crippen LogP contribution in [0.4, 0.5) is 15.8 Å². The molecule has 0 aromatic heterocycles. The summed E-state index contributed by atoms with van der Waals surface area (Å²) in [7, 11) is 0. The number of nitrogen functional groups attached to an aromatic ring is 1. The van der Waals surface area contributed by atoms with E-state index in [0.717, 1.165) is 25.7 Å². The Bertz CT molecular complexity index is 449. The molecule has 0 bridgehead atoms. The average Bonchev–Trinajstić information content (AvgIpc) is 2.34. The second-order valence-electron chi connectivity index (χ2n) is 4.73. The maximum absolute atomic E-state index is 13.3. The molecule has 0 aliphatic heterocycles. The van der Waals surface area contributed by atoms with Gasteiger partial charge in [0.25, 0.3) is 0 Å². The van der Waals surface area contributed by atoms with E-state index in [4.69, 9.17) is 10.8 Å². The number of unbranched alkanes of at least 4 members (excludes halogenated alkanes) is 2. The molecule has 4 nitrogen and oxygen atoms in total. The Balaban J connectivity index is 2.83. The number of anilines is 2. The maximum Gasteiger partial charge on any atom is 0.340 e. The number of hydrogen-bond donors (Lipinski definition) is 3. The van der Waals surface area contributed by atoms with Gasteiger partial charge in [0.2, 0.25) is 0 Å². The molecule has 4 N–H and O–H groups in total. The molecule has 1 atom stereocenters. The van der Waals surface area contributed by atoms with Crippen molar-refractivity contribution in [1.29, 1.82) is 0 Å². The number of halogens is 1. The van der Waals surface area contributed by atoms with Crippen molar-refractivity contribution in [1.82, 2.24) is 0 Å². The molecule has 0 aliphatic carbocycles. The van der Waals surface area contributed by atoms with Crippen molar-refractivity contribution in [2.24, 2.45) is 0 Å². The maximum atomic E-state index is 13.3. The van der Waals surface area contributed by atoms with E-state index in [-0.39, 0.29) is 17.3 Å². The van der Waals surface area contributed by atoms with E-state index >= 15 is 0 Å². The van der Waals surface area contributed by atoms with Gasteiger partial charge in [-0.1, -0.05) is 26.2 Å². The van der Waals surface area contributed by atoms with Crippen LogP contribution in [0.15, 0.2) is 12.1 Å². The third-order valence-corrected chi connectivity index (χ3v) is 3.05. The fraction of sp³-hybridized carbons (Fsp3) is 0.500. The second-order valence-corrected chi connectivity index (χ2v) is 4.73. The number of rotatable bonds is 7. The lowest BCUT2D eigenvalue weighted by Crippen LogP contribution is -2.18. The molecule has 1 aromatic rings. The molecule has 0 amide bonds. The quantitative estimate of drug-likeness (QED) is 0.522. The zero-order chi connectivity index (χ0) is 14.4. The van der Waals surface area contributed by atoms with Crippen molar-refractivity contribution >= 4 is 17.3 Å². The Kier molecular flexibility index (Phi) is 5.60. The standard InChI is InChI=1S/C14H21FN2O2/c1-3-4-5-6-9(2)17-11-8-7-10(15)13(16)12(11)14(18)19/h7-9,17H,3-6,16H2,1-2H3,(H,18,19). The predicted octanol–water partition coefficient (Wildman–Crippen LogP) is 3.49. The smallest absolute Gasteiger partial charge is 0.340 e. The van der Waals surface area contributed by atoms with Gasteiger partial charge in [-0.05, 0) is 25.5 Å². The van der Waals surface area contributed by atoms with Gasteiger partial charge in [-0.15, -0.1) is 0 Å². The summed E-state index contributed by atoms with van der Waals surface area (Å²) in [5.41, 5.74) is 5.34. The van der Waals surface area contributed by atoms with Crippen molar-refractivity contribution in [3.63, 3.8) is 0 Å². The molecule has 0 aliphatic rings. The van der Waals surface area contributed by atoms with Gasteiger partial charge in [0.1, 0.15) is 11.4 Å². The molecule has 0 saturated heterocycles. The molecule has 1 rings (SSSR count). The molecule has 0 radical (unpaired) electrons. The van der Waals surface area contributed by atoms with Gasteiger partial charge in [0.15, 0.2) is 0 Å². The highest BCUT2D eigenvalue weighted by Gasteiger charge is 2.18. The van der Waals surface area contributed by atoms with Crippen molar-refractivity contribution < 1.29 is 14.3 Å². The number of benzene rings is 1. The van der Waals surface area contributed by atoms with Crippen molar-refractivity contribution in [2.45, 2.75) is 45.6 Å². The number of carboxylic acids is 1. The van der Waals surface area contributed by atoms with Gasteiger partial charge < -0.3 is 16.2 Å². The number of hydrogen-bond acceptors (Lipinski definition) is 3. The molecule has 19 heavy (non-hydrogen) atoms. The van der Waals surface area contributed by atoms with Crippen LogP contribution in [0.1, 0.15) is 49.9 Å². The van der Waals surface area contributed by atoms with E-state index in [9.17, 15) is 9.18 Å². The van der Waals surface area contributed by atoms with Gasteiger partial charge in [-0.2, -0.15) is 0 Å². The second kappa shape index (κ2) is 6.97. The van der Waals surface area contributed by atoms with E-state index in [1.165, 1.54) is 12.1 Å². The summed E-state index contributed by atoms with van der Waals surface area (Å²) in [5, 5.41) is 12.2. The first-order valence-corrected chi connectivity index (χ1v) is 6.55. The Labute approximate surface area is 112 Å². The van der Waals surface area contributed by atoms with Gasteiger partial charge in [0, 0.05) is 6.04 Å². The summed E-state index contributed by atoms with van der Waals surface area (Å²) in [6.07, 6.45) is 4.29. The third kappa shape index (κ3) is 4.12. The van der Waals surface area contributed by atoms with E-state index in [0.29, 0.717) is 5.69 Å². The summed E-state index contributed by atoms with van der Waals surface area (Å²) in [5.74, 6) is -1.93. The van der Waals surface area contributed by atoms with Gasteiger partial charge in [-0.3, -0.25) is 0 Å². The minimum atomic E-state index is -1.22. The first kappa shape index (κ1) is 15.3. The van der Waals surface area contributed by atoms with E-state index in [1.807, 2.05) is 6.92 Å². The molecule has 5 heteroatoms. The number of aromatic carboxylic acids is 1. The lowest BCUT2D eigenvalue weighted by Gasteiger charge is -2.18. The fourth-order valence-electron chi connectivity index (χ4n) is 1.98. The Hall–Kier alpha value is -1.78. The number of carbonyl (C=O) groups is 1. The van der Waals surface area contributed by atoms with Crippen LogP contribution in [0.25, 0.3) is 0 Å². The highest BCUT2D eigenvalue weighted by molar-refractivity contribution is 6.00. The number of nitrogens with one attached hydrogen (secondary N) is 1. The zero-order valence-electron chi connectivity index (χ0n) is 11.4. The first-order valence-electron chi connectivity index (χ1n) is 6.55. The number of carboxylic acid groups (broad SMARTS) is 1. The summed E-state index contributed by atoms with van der Waals surface area (Å²) in [6, 6.07) is 2.73. The summed E-state index contributed by atoms with van der Waals surface area (Å²) >= 11 is 0. The van der Waals surface area contributed by atoms with Crippen LogP contribution in [-0.4, -0.2) is 17.1 Å². The molecular formula is C14H21FN2O2. The highest BCUT2D eigenvalue weighted by atomic mass is 19.1. The molecule has 0 spiro atoms. The zero-order valence-corrected chi connectivity index (χ0v) is 11.4. The van der Waals surface area contributed by atoms with Crippen molar-refractivity contribution in [2.75, 3.05) is 11.1 Å². The van der Waals surface area contributed by atoms with Crippen LogP contribution >= 0.6 is 0 Å². The van der Waals surface area contributed by atoms with Crippen LogP contribution in [0.5, 0.6) is 0 Å². The Morgan fingerprint density at radius 2 is 2.16 bits per heavy atom. The lowest BCUT2D eigenvalue weighted by atomic mass is 10.1. The molecule has 0 saturated carbocycles. The fourth-order valence-corrected chi connectivity index (χ4v) is 1.98. The average molecular weight is 268 g/mol. The molecule has 0 fully saturated rings. The minimum Gasteiger partial charge on any atom is -0.478 e. The first-order chi connectivity index (χ1) is 8.97. The summed E-state index contributed by atoms with van der Waals surface area (Å²) in [4.78, 5) is 11.2. The topological polar surface area (TPSA) is 75.3 Å². The van der Waals surface area contributed by atoms with Crippen molar-refractivity contribution in [3.05, 3.63) is 23.5 Å². The molecule has 106 valence electrons. The van der Waals surface area contributed by atoms with Crippen molar-refractivity contribution in [3.8, 4) is 0 Å². The molecular weight excluding hydrogens is 247 g/mol. The molecule has 1 aromatic carbocycles. The predicted molar refractivity (Wildman–Crippen MR) is 75.0 cm³/mol. The minimum absolute atomic E-state index is 0.120. The van der Waals surface area contributed by atoms with Gasteiger partial charge in [0.05, 0.1) is 11.4 Å². The van der Waals surface area contributed by atoms with E-state index in [1.54, 1.807) is 0 Å². The highest BCUT2D eigenvalue weighted by Crippen LogP contribution is 2.26. The molecule has 1 unspecified atom stereocenters. The van der Waals surface area contributed by atoms with Gasteiger partial charge in [-0.25, -0.2) is 9.18 Å². The van der Waals surface area contributed by atoms with E-state index < -0.39 is 11.8 Å². The monoisotopic (exact) mass is 268 g/mol. The summed E-state index contributed by atoms with van der Waals surface area (Å²) in [6.45, 7) is 4.10. The lowest BCUT2D eigenvalue weighted by molar-refractivity contribution is 0.0698. The van der Waals surface area contributed by atoms with Crippen LogP contribution < -0.4 is 11.1 Å².